The van der Waals surface area contributed by atoms with Crippen molar-refractivity contribution in [3.8, 4) is 5.75 Å². The molecule has 2 saturated heterocycles. The summed E-state index contributed by atoms with van der Waals surface area (Å²) < 4.78 is 10.9. The molecule has 7 heteroatoms. The fourth-order valence-electron chi connectivity index (χ4n) is 4.15. The van der Waals surface area contributed by atoms with Gasteiger partial charge in [-0.3, -0.25) is 14.4 Å². The summed E-state index contributed by atoms with van der Waals surface area (Å²) in [7, 11) is 0. The van der Waals surface area contributed by atoms with Gasteiger partial charge in [-0.15, -0.1) is 0 Å². The number of carbonyl (C=O) groups excluding carboxylic acids is 3. The van der Waals surface area contributed by atoms with Crippen LogP contribution >= 0.6 is 0 Å². The second-order valence-electron chi connectivity index (χ2n) is 6.79. The fourth-order valence-corrected chi connectivity index (χ4v) is 4.15. The quantitative estimate of drug-likeness (QED) is 0.378. The van der Waals surface area contributed by atoms with Gasteiger partial charge < -0.3 is 14.6 Å². The topological polar surface area (TPSA) is 93.1 Å². The lowest BCUT2D eigenvalue weighted by Gasteiger charge is -2.27. The Morgan fingerprint density at radius 3 is 2.68 bits per heavy atom. The largest absolute Gasteiger partial charge is 0.427 e. The Labute approximate surface area is 143 Å². The molecule has 0 aromatic heterocycles. The number of benzene rings is 1. The number of amides is 2. The van der Waals surface area contributed by atoms with Crippen LogP contribution in [-0.4, -0.2) is 40.7 Å². The first-order valence-corrected chi connectivity index (χ1v) is 7.99. The molecule has 1 N–H and O–H groups in total. The number of aliphatic hydroxyl groups is 1. The molecule has 25 heavy (non-hydrogen) atoms. The first kappa shape index (κ1) is 16.0. The molecule has 1 aromatic rings. The highest BCUT2D eigenvalue weighted by Gasteiger charge is 2.72. The average Bonchev–Trinajstić information content (AvgIpc) is 3.13. The van der Waals surface area contributed by atoms with E-state index in [1.54, 1.807) is 37.3 Å². The Morgan fingerprint density at radius 2 is 2.00 bits per heavy atom. The van der Waals surface area contributed by atoms with Gasteiger partial charge in [-0.2, -0.15) is 0 Å². The Balaban J connectivity index is 1.74. The van der Waals surface area contributed by atoms with Crippen molar-refractivity contribution >= 4 is 23.5 Å². The summed E-state index contributed by atoms with van der Waals surface area (Å²) in [5.74, 6) is -2.49. The predicted octanol–water partition coefficient (Wildman–Crippen LogP) is 0.807. The van der Waals surface area contributed by atoms with Crippen molar-refractivity contribution in [1.29, 1.82) is 0 Å². The van der Waals surface area contributed by atoms with Crippen LogP contribution in [0, 0.1) is 11.8 Å². The van der Waals surface area contributed by atoms with Crippen molar-refractivity contribution in [1.82, 2.24) is 0 Å². The number of esters is 1. The monoisotopic (exact) mass is 343 g/mol. The Morgan fingerprint density at radius 1 is 1.28 bits per heavy atom. The molecule has 2 fully saturated rings. The van der Waals surface area contributed by atoms with Crippen molar-refractivity contribution in [2.24, 2.45) is 11.8 Å². The minimum Gasteiger partial charge on any atom is -0.427 e. The van der Waals surface area contributed by atoms with Crippen LogP contribution in [0.3, 0.4) is 0 Å². The number of nitrogens with zero attached hydrogens (tertiary/aromatic N) is 1. The summed E-state index contributed by atoms with van der Waals surface area (Å²) in [6, 6.07) is 6.26. The Kier molecular flexibility index (Phi) is 3.20. The normalized spacial score (nSPS) is 35.4. The van der Waals surface area contributed by atoms with Gasteiger partial charge in [0.05, 0.1) is 29.7 Å². The second-order valence-corrected chi connectivity index (χ2v) is 6.79. The minimum absolute atomic E-state index is 0.253. The third kappa shape index (κ3) is 2.03. The van der Waals surface area contributed by atoms with E-state index >= 15 is 0 Å². The predicted molar refractivity (Wildman–Crippen MR) is 85.7 cm³/mol. The number of rotatable bonds is 3. The number of aliphatic hydroxyl groups excluding tert-OH is 1. The van der Waals surface area contributed by atoms with Crippen molar-refractivity contribution < 1.29 is 29.0 Å². The molecule has 0 radical (unpaired) electrons. The molecule has 0 unspecified atom stereocenters. The van der Waals surface area contributed by atoms with Gasteiger partial charge in [-0.1, -0.05) is 18.2 Å². The van der Waals surface area contributed by atoms with Crippen molar-refractivity contribution in [2.45, 2.75) is 25.0 Å². The molecule has 2 amide bonds. The summed E-state index contributed by atoms with van der Waals surface area (Å²) in [4.78, 5) is 38.2. The summed E-state index contributed by atoms with van der Waals surface area (Å²) in [5.41, 5.74) is -1.74. The maximum atomic E-state index is 13.0. The molecule has 130 valence electrons. The number of ether oxygens (including phenoxy) is 2. The van der Waals surface area contributed by atoms with E-state index in [1.165, 1.54) is 13.0 Å². The summed E-state index contributed by atoms with van der Waals surface area (Å²) in [6.45, 7) is 2.64. The average molecular weight is 343 g/mol. The van der Waals surface area contributed by atoms with Crippen LogP contribution in [0.1, 0.15) is 13.8 Å². The summed E-state index contributed by atoms with van der Waals surface area (Å²) >= 11 is 0. The number of hydrogen-bond donors (Lipinski definition) is 1. The van der Waals surface area contributed by atoms with Crippen LogP contribution < -0.4 is 9.64 Å². The molecule has 3 heterocycles. The molecule has 3 aliphatic heterocycles. The van der Waals surface area contributed by atoms with Crippen LogP contribution in [-0.2, 0) is 19.1 Å². The maximum Gasteiger partial charge on any atom is 0.308 e. The number of carbonyl (C=O) groups is 3. The lowest BCUT2D eigenvalue weighted by Crippen LogP contribution is -2.43. The van der Waals surface area contributed by atoms with Gasteiger partial charge in [0.15, 0.2) is 0 Å². The van der Waals surface area contributed by atoms with Crippen LogP contribution in [0.2, 0.25) is 0 Å². The van der Waals surface area contributed by atoms with Crippen molar-refractivity contribution in [3.05, 3.63) is 36.4 Å². The van der Waals surface area contributed by atoms with Gasteiger partial charge in [0.25, 0.3) is 0 Å². The fraction of sp³-hybridized carbons (Fsp3) is 0.389. The van der Waals surface area contributed by atoms with Gasteiger partial charge >= 0.3 is 5.97 Å². The van der Waals surface area contributed by atoms with Gasteiger partial charge in [0.1, 0.15) is 11.4 Å². The van der Waals surface area contributed by atoms with Gasteiger partial charge in [-0.25, -0.2) is 4.90 Å². The smallest absolute Gasteiger partial charge is 0.308 e. The maximum absolute atomic E-state index is 13.0. The molecule has 7 nitrogen and oxygen atoms in total. The van der Waals surface area contributed by atoms with E-state index in [4.69, 9.17) is 9.47 Å². The van der Waals surface area contributed by atoms with Crippen LogP contribution in [0.25, 0.3) is 0 Å². The molecular formula is C18H17NO6. The van der Waals surface area contributed by atoms with Gasteiger partial charge in [0.2, 0.25) is 11.8 Å². The molecular weight excluding hydrogens is 326 g/mol. The highest BCUT2D eigenvalue weighted by molar-refractivity contribution is 6.23. The van der Waals surface area contributed by atoms with E-state index < -0.39 is 34.9 Å². The zero-order valence-electron chi connectivity index (χ0n) is 13.8. The summed E-state index contributed by atoms with van der Waals surface area (Å²) in [5, 5.41) is 9.79. The number of anilines is 1. The SMILES string of the molecule is CC(=O)Oc1cccc(N2C(=O)[C@H]3[C@H](C2=O)[C@@]2(CO)C=C[C@@]3(C)O2)c1. The molecule has 4 atom stereocenters. The van der Waals surface area contributed by atoms with E-state index in [-0.39, 0.29) is 18.3 Å². The molecule has 1 aromatic carbocycles. The van der Waals surface area contributed by atoms with Crippen LogP contribution in [0.4, 0.5) is 5.69 Å². The van der Waals surface area contributed by atoms with Gasteiger partial charge in [-0.05, 0) is 19.1 Å². The zero-order chi connectivity index (χ0) is 18.0. The minimum atomic E-state index is -1.16. The van der Waals surface area contributed by atoms with Crippen molar-refractivity contribution in [3.63, 3.8) is 0 Å². The molecule has 3 aliphatic rings. The number of imide groups is 1. The third-order valence-corrected chi connectivity index (χ3v) is 5.14. The van der Waals surface area contributed by atoms with Crippen LogP contribution in [0.15, 0.2) is 36.4 Å². The highest BCUT2D eigenvalue weighted by Crippen LogP contribution is 2.57. The van der Waals surface area contributed by atoms with E-state index in [1.807, 2.05) is 0 Å². The molecule has 0 aliphatic carbocycles. The number of fused-ring (bicyclic) bond motifs is 5. The second kappa shape index (κ2) is 5.00. The molecule has 0 saturated carbocycles. The van der Waals surface area contributed by atoms with E-state index in [9.17, 15) is 19.5 Å². The number of hydrogen-bond acceptors (Lipinski definition) is 6. The lowest BCUT2D eigenvalue weighted by atomic mass is 9.73. The standard InChI is InChI=1S/C18H17NO6/c1-10(21)24-12-5-3-4-11(8-12)19-15(22)13-14(16(19)23)18(9-20)7-6-17(13,2)25-18/h3-8,13-14,20H,9H2,1-2H3/t13-,14-,17-,18+/m1/s1. The lowest BCUT2D eigenvalue weighted by molar-refractivity contribution is -0.132. The van der Waals surface area contributed by atoms with Crippen LogP contribution in [0.5, 0.6) is 5.75 Å². The Bertz CT molecular complexity index is 833. The molecule has 2 bridgehead atoms. The molecule has 0 spiro atoms. The van der Waals surface area contributed by atoms with Gasteiger partial charge in [0, 0.05) is 13.0 Å². The van der Waals surface area contributed by atoms with E-state index in [2.05, 4.69) is 0 Å². The molecule has 4 rings (SSSR count). The highest BCUT2D eigenvalue weighted by atomic mass is 16.5. The third-order valence-electron chi connectivity index (χ3n) is 5.14. The van der Waals surface area contributed by atoms with Crippen molar-refractivity contribution in [2.75, 3.05) is 11.5 Å². The zero-order valence-corrected chi connectivity index (χ0v) is 13.8. The summed E-state index contributed by atoms with van der Waals surface area (Å²) in [6.07, 6.45) is 3.42. The van der Waals surface area contributed by atoms with E-state index in [0.29, 0.717) is 5.69 Å². The first-order valence-electron chi connectivity index (χ1n) is 7.99. The first-order chi connectivity index (χ1) is 11.8. The Hall–Kier alpha value is -2.51. The van der Waals surface area contributed by atoms with E-state index in [0.717, 1.165) is 4.90 Å².